The van der Waals surface area contributed by atoms with Crippen LogP contribution < -0.4 is 11.5 Å². The quantitative estimate of drug-likeness (QED) is 0.357. The second-order valence-corrected chi connectivity index (χ2v) is 8.35. The first kappa shape index (κ1) is 19.3. The lowest BCUT2D eigenvalue weighted by Crippen LogP contribution is -2.31. The van der Waals surface area contributed by atoms with E-state index in [9.17, 15) is 0 Å². The maximum absolute atomic E-state index is 6.23. The van der Waals surface area contributed by atoms with E-state index in [-0.39, 0.29) is 0 Å². The summed E-state index contributed by atoms with van der Waals surface area (Å²) in [7, 11) is 0. The molecule has 0 radical (unpaired) electrons. The average molecular weight is 427 g/mol. The van der Waals surface area contributed by atoms with Gasteiger partial charge in [-0.25, -0.2) is 0 Å². The molecule has 0 saturated heterocycles. The molecule has 3 aromatic carbocycles. The van der Waals surface area contributed by atoms with Gasteiger partial charge in [0.15, 0.2) is 0 Å². The normalized spacial score (nSPS) is 13.3. The van der Waals surface area contributed by atoms with Crippen LogP contribution in [0.1, 0.15) is 22.5 Å². The second kappa shape index (κ2) is 7.31. The maximum Gasteiger partial charge on any atom is 0.106 e. The first-order chi connectivity index (χ1) is 16.2. The summed E-state index contributed by atoms with van der Waals surface area (Å²) in [5, 5.41) is 0. The van der Waals surface area contributed by atoms with E-state index in [1.807, 2.05) is 66.9 Å². The molecular formula is C29H22N4. The van der Waals surface area contributed by atoms with Gasteiger partial charge in [-0.3, -0.25) is 9.97 Å². The lowest BCUT2D eigenvalue weighted by atomic mass is 9.72. The number of nitrogen functional groups attached to an aromatic ring is 2. The molecule has 0 spiro atoms. The molecule has 4 nitrogen and oxygen atoms in total. The van der Waals surface area contributed by atoms with Crippen LogP contribution in [-0.2, 0) is 5.41 Å². The molecule has 5 aromatic rings. The van der Waals surface area contributed by atoms with Crippen molar-refractivity contribution in [3.63, 3.8) is 0 Å². The third-order valence-electron chi connectivity index (χ3n) is 6.44. The third kappa shape index (κ3) is 2.84. The van der Waals surface area contributed by atoms with Gasteiger partial charge in [-0.1, -0.05) is 54.6 Å². The minimum absolute atomic E-state index is 0.682. The van der Waals surface area contributed by atoms with Gasteiger partial charge in [0, 0.05) is 23.1 Å². The molecule has 0 unspecified atom stereocenters. The van der Waals surface area contributed by atoms with Crippen molar-refractivity contribution in [1.82, 2.24) is 9.97 Å². The van der Waals surface area contributed by atoms with Crippen LogP contribution in [0.3, 0.4) is 0 Å². The molecule has 0 fully saturated rings. The Morgan fingerprint density at radius 1 is 0.576 bits per heavy atom. The van der Waals surface area contributed by atoms with Crippen LogP contribution in [0.4, 0.5) is 11.4 Å². The zero-order valence-electron chi connectivity index (χ0n) is 17.9. The molecule has 1 aliphatic carbocycles. The summed E-state index contributed by atoms with van der Waals surface area (Å²) in [5.41, 5.74) is 21.4. The average Bonchev–Trinajstić information content (AvgIpc) is 3.15. The van der Waals surface area contributed by atoms with Gasteiger partial charge < -0.3 is 11.5 Å². The molecule has 0 saturated carbocycles. The number of anilines is 2. The summed E-state index contributed by atoms with van der Waals surface area (Å²) in [6.45, 7) is 0. The Kier molecular flexibility index (Phi) is 4.27. The molecule has 33 heavy (non-hydrogen) atoms. The first-order valence-electron chi connectivity index (χ1n) is 10.9. The number of hydrogen-bond acceptors (Lipinski definition) is 4. The number of hydrogen-bond donors (Lipinski definition) is 2. The number of rotatable bonds is 3. The highest BCUT2D eigenvalue weighted by Crippen LogP contribution is 2.56. The van der Waals surface area contributed by atoms with Crippen molar-refractivity contribution < 1.29 is 0 Å². The number of nitrogens with zero attached hydrogens (tertiary/aromatic N) is 2. The molecular weight excluding hydrogens is 404 g/mol. The minimum Gasteiger partial charge on any atom is -0.399 e. The molecule has 1 aliphatic rings. The van der Waals surface area contributed by atoms with Crippen LogP contribution in [-0.4, -0.2) is 9.97 Å². The van der Waals surface area contributed by atoms with Crippen molar-refractivity contribution in [2.24, 2.45) is 0 Å². The smallest absolute Gasteiger partial charge is 0.106 e. The lowest BCUT2D eigenvalue weighted by molar-refractivity contribution is 0.707. The molecule has 2 heterocycles. The topological polar surface area (TPSA) is 77.8 Å². The summed E-state index contributed by atoms with van der Waals surface area (Å²) in [4.78, 5) is 10.1. The van der Waals surface area contributed by atoms with E-state index in [1.54, 1.807) is 0 Å². The zero-order valence-corrected chi connectivity index (χ0v) is 17.9. The predicted molar refractivity (Wildman–Crippen MR) is 134 cm³/mol. The highest BCUT2D eigenvalue weighted by Gasteiger charge is 2.48. The van der Waals surface area contributed by atoms with Crippen molar-refractivity contribution in [2.45, 2.75) is 5.41 Å². The predicted octanol–water partition coefficient (Wildman–Crippen LogP) is 5.67. The second-order valence-electron chi connectivity index (χ2n) is 8.35. The summed E-state index contributed by atoms with van der Waals surface area (Å²) < 4.78 is 0. The number of nitrogens with two attached hydrogens (primary N) is 2. The number of pyridine rings is 2. The Morgan fingerprint density at radius 3 is 1.85 bits per heavy atom. The van der Waals surface area contributed by atoms with Crippen LogP contribution in [0.15, 0.2) is 109 Å². The van der Waals surface area contributed by atoms with Crippen LogP contribution in [0, 0.1) is 0 Å². The van der Waals surface area contributed by atoms with E-state index in [0.29, 0.717) is 11.4 Å². The Bertz CT molecular complexity index is 1430. The van der Waals surface area contributed by atoms with Gasteiger partial charge in [0.2, 0.25) is 0 Å². The minimum atomic E-state index is -0.682. The van der Waals surface area contributed by atoms with Gasteiger partial charge in [0.05, 0.1) is 17.1 Å². The molecule has 0 aliphatic heterocycles. The van der Waals surface area contributed by atoms with Crippen molar-refractivity contribution in [3.05, 3.63) is 132 Å². The van der Waals surface area contributed by atoms with E-state index < -0.39 is 5.41 Å². The fourth-order valence-electron chi connectivity index (χ4n) is 5.05. The van der Waals surface area contributed by atoms with Crippen molar-refractivity contribution in [2.75, 3.05) is 11.5 Å². The standard InChI is InChI=1S/C29H22N4/c30-20-12-14-24-22(17-20)23-18-21(31)13-15-25(23)29(24,27-10-4-5-16-32-27)28-11-6-9-26(33-28)19-7-2-1-3-8-19/h1-18H,30-31H2. The van der Waals surface area contributed by atoms with E-state index in [2.05, 4.69) is 42.5 Å². The Balaban J connectivity index is 1.73. The number of aromatic nitrogens is 2. The number of benzene rings is 3. The first-order valence-corrected chi connectivity index (χ1v) is 10.9. The Hall–Kier alpha value is -4.44. The van der Waals surface area contributed by atoms with Gasteiger partial charge in [0.25, 0.3) is 0 Å². The monoisotopic (exact) mass is 426 g/mol. The number of fused-ring (bicyclic) bond motifs is 3. The molecule has 4 N–H and O–H groups in total. The van der Waals surface area contributed by atoms with E-state index >= 15 is 0 Å². The highest BCUT2D eigenvalue weighted by atomic mass is 14.8. The molecule has 0 amide bonds. The van der Waals surface area contributed by atoms with Crippen LogP contribution >= 0.6 is 0 Å². The summed E-state index contributed by atoms with van der Waals surface area (Å²) >= 11 is 0. The van der Waals surface area contributed by atoms with Gasteiger partial charge in [-0.05, 0) is 70.8 Å². The maximum atomic E-state index is 6.23. The molecule has 2 aromatic heterocycles. The summed E-state index contributed by atoms with van der Waals surface area (Å²) in [5.74, 6) is 0. The Labute approximate surface area is 192 Å². The molecule has 6 rings (SSSR count). The third-order valence-corrected chi connectivity index (χ3v) is 6.44. The summed E-state index contributed by atoms with van der Waals surface area (Å²) in [6.07, 6.45) is 1.84. The molecule has 4 heteroatoms. The van der Waals surface area contributed by atoms with Gasteiger partial charge in [-0.15, -0.1) is 0 Å². The van der Waals surface area contributed by atoms with Gasteiger partial charge in [0.1, 0.15) is 5.41 Å². The van der Waals surface area contributed by atoms with Crippen molar-refractivity contribution in [1.29, 1.82) is 0 Å². The van der Waals surface area contributed by atoms with E-state index in [0.717, 1.165) is 44.9 Å². The summed E-state index contributed by atoms with van der Waals surface area (Å²) in [6, 6.07) is 34.6. The van der Waals surface area contributed by atoms with E-state index in [1.165, 1.54) is 0 Å². The van der Waals surface area contributed by atoms with Gasteiger partial charge in [-0.2, -0.15) is 0 Å². The van der Waals surface area contributed by atoms with Crippen LogP contribution in [0.5, 0.6) is 0 Å². The van der Waals surface area contributed by atoms with Gasteiger partial charge >= 0.3 is 0 Å². The largest absolute Gasteiger partial charge is 0.399 e. The molecule has 0 atom stereocenters. The fourth-order valence-corrected chi connectivity index (χ4v) is 5.05. The molecule has 0 bridgehead atoms. The van der Waals surface area contributed by atoms with Crippen LogP contribution in [0.25, 0.3) is 22.4 Å². The lowest BCUT2D eigenvalue weighted by Gasteiger charge is -2.31. The fraction of sp³-hybridized carbons (Fsp3) is 0.0345. The van der Waals surface area contributed by atoms with Crippen LogP contribution in [0.2, 0.25) is 0 Å². The van der Waals surface area contributed by atoms with Crippen molar-refractivity contribution in [3.8, 4) is 22.4 Å². The van der Waals surface area contributed by atoms with Crippen molar-refractivity contribution >= 4 is 11.4 Å². The zero-order chi connectivity index (χ0) is 22.4. The SMILES string of the molecule is Nc1ccc2c(c1)-c1cc(N)ccc1C2(c1ccccn1)c1cccc(-c2ccccc2)n1. The Morgan fingerprint density at radius 2 is 1.21 bits per heavy atom. The highest BCUT2D eigenvalue weighted by molar-refractivity contribution is 5.88. The van der Waals surface area contributed by atoms with E-state index in [4.69, 9.17) is 21.4 Å². The molecule has 158 valence electrons.